The number of hydrogen-bond acceptors (Lipinski definition) is 4. The summed E-state index contributed by atoms with van der Waals surface area (Å²) in [7, 11) is 0. The number of aliphatic imine (C=N–C) groups is 1. The molecule has 0 bridgehead atoms. The number of halogens is 1. The van der Waals surface area contributed by atoms with E-state index >= 15 is 0 Å². The quantitative estimate of drug-likeness (QED) is 0.207. The molecule has 1 rings (SSSR count). The Bertz CT molecular complexity index is 419. The second-order valence-electron chi connectivity index (χ2n) is 7.34. The highest BCUT2D eigenvalue weighted by Crippen LogP contribution is 2.28. The first-order valence-corrected chi connectivity index (χ1v) is 8.95. The third kappa shape index (κ3) is 11.5. The summed E-state index contributed by atoms with van der Waals surface area (Å²) in [6, 6.07) is 0. The molecular weight excluding hydrogens is 435 g/mol. The van der Waals surface area contributed by atoms with Crippen molar-refractivity contribution in [1.29, 1.82) is 0 Å². The molecule has 0 aliphatic heterocycles. The average molecular weight is 470 g/mol. The van der Waals surface area contributed by atoms with E-state index in [1.54, 1.807) is 0 Å². The normalized spacial score (nSPS) is 17.2. The zero-order valence-electron chi connectivity index (χ0n) is 16.0. The third-order valence-corrected chi connectivity index (χ3v) is 3.75. The molecule has 1 amide bonds. The number of aliphatic hydroxyl groups is 1. The maximum Gasteiger partial charge on any atom is 0.407 e. The van der Waals surface area contributed by atoms with E-state index in [2.05, 4.69) is 20.9 Å². The van der Waals surface area contributed by atoms with E-state index in [0.29, 0.717) is 25.6 Å². The minimum Gasteiger partial charge on any atom is -0.444 e. The number of carbonyl (C=O) groups is 1. The van der Waals surface area contributed by atoms with E-state index in [1.165, 1.54) is 6.42 Å². The summed E-state index contributed by atoms with van der Waals surface area (Å²) in [5.74, 6) is 0.655. The van der Waals surface area contributed by atoms with Gasteiger partial charge in [-0.25, -0.2) is 4.79 Å². The van der Waals surface area contributed by atoms with Crippen molar-refractivity contribution < 1.29 is 14.6 Å². The number of guanidine groups is 1. The van der Waals surface area contributed by atoms with Crippen LogP contribution in [-0.2, 0) is 4.74 Å². The average Bonchev–Trinajstić information content (AvgIpc) is 2.48. The van der Waals surface area contributed by atoms with Gasteiger partial charge >= 0.3 is 6.09 Å². The van der Waals surface area contributed by atoms with Gasteiger partial charge in [0.05, 0.1) is 12.1 Å². The van der Waals surface area contributed by atoms with Crippen molar-refractivity contribution in [3.05, 3.63) is 0 Å². The first-order valence-electron chi connectivity index (χ1n) is 8.95. The summed E-state index contributed by atoms with van der Waals surface area (Å²) in [6.45, 7) is 9.59. The van der Waals surface area contributed by atoms with Gasteiger partial charge in [-0.3, -0.25) is 4.99 Å². The molecule has 0 radical (unpaired) electrons. The zero-order valence-corrected chi connectivity index (χ0v) is 18.3. The van der Waals surface area contributed by atoms with Crippen LogP contribution in [0.2, 0.25) is 0 Å². The SMILES string of the molecule is CCNC(=NCC1(O)CCCCC1)NCCNC(=O)OC(C)(C)C.I. The molecule has 0 saturated heterocycles. The first kappa shape index (κ1) is 24.2. The number of carbonyl (C=O) groups excluding carboxylic acids is 1. The van der Waals surface area contributed by atoms with E-state index in [1.807, 2.05) is 27.7 Å². The highest BCUT2D eigenvalue weighted by molar-refractivity contribution is 14.0. The molecule has 0 aromatic rings. The van der Waals surface area contributed by atoms with Crippen LogP contribution in [0.5, 0.6) is 0 Å². The number of amides is 1. The molecule has 1 saturated carbocycles. The van der Waals surface area contributed by atoms with Crippen LogP contribution < -0.4 is 16.0 Å². The molecule has 0 spiro atoms. The minimum absolute atomic E-state index is 0. The molecule has 25 heavy (non-hydrogen) atoms. The highest BCUT2D eigenvalue weighted by atomic mass is 127. The van der Waals surface area contributed by atoms with E-state index in [9.17, 15) is 9.90 Å². The monoisotopic (exact) mass is 470 g/mol. The molecule has 0 atom stereocenters. The molecule has 7 nitrogen and oxygen atoms in total. The van der Waals surface area contributed by atoms with Crippen LogP contribution in [0.25, 0.3) is 0 Å². The van der Waals surface area contributed by atoms with E-state index < -0.39 is 17.3 Å². The van der Waals surface area contributed by atoms with Gasteiger partial charge in [-0.05, 0) is 40.5 Å². The Morgan fingerprint density at radius 3 is 2.28 bits per heavy atom. The fraction of sp³-hybridized carbons (Fsp3) is 0.882. The van der Waals surface area contributed by atoms with Crippen molar-refractivity contribution >= 4 is 36.0 Å². The Balaban J connectivity index is 0.00000576. The Morgan fingerprint density at radius 1 is 1.12 bits per heavy atom. The molecule has 8 heteroatoms. The van der Waals surface area contributed by atoms with Crippen LogP contribution in [-0.4, -0.2) is 54.5 Å². The Morgan fingerprint density at radius 2 is 1.72 bits per heavy atom. The van der Waals surface area contributed by atoms with Gasteiger partial charge in [0.2, 0.25) is 0 Å². The summed E-state index contributed by atoms with van der Waals surface area (Å²) < 4.78 is 5.18. The standard InChI is InChI=1S/C17H34N4O3.HI/c1-5-18-14(21-13-17(23)9-7-6-8-10-17)19-11-12-20-15(22)24-16(2,3)4;/h23H,5-13H2,1-4H3,(H,20,22)(H2,18,19,21);1H. The van der Waals surface area contributed by atoms with Crippen LogP contribution in [0.4, 0.5) is 4.79 Å². The number of rotatable bonds is 6. The summed E-state index contributed by atoms with van der Waals surface area (Å²) in [6.07, 6.45) is 4.53. The summed E-state index contributed by atoms with van der Waals surface area (Å²) in [5, 5.41) is 19.5. The van der Waals surface area contributed by atoms with Gasteiger partial charge in [0.1, 0.15) is 5.60 Å². The zero-order chi connectivity index (χ0) is 18.1. The number of hydrogen-bond donors (Lipinski definition) is 4. The molecule has 4 N–H and O–H groups in total. The molecule has 1 aliphatic carbocycles. The predicted molar refractivity (Wildman–Crippen MR) is 112 cm³/mol. The van der Waals surface area contributed by atoms with Crippen molar-refractivity contribution in [3.8, 4) is 0 Å². The van der Waals surface area contributed by atoms with Crippen molar-refractivity contribution in [1.82, 2.24) is 16.0 Å². The van der Waals surface area contributed by atoms with Gasteiger partial charge in [-0.15, -0.1) is 24.0 Å². The predicted octanol–water partition coefficient (Wildman–Crippen LogP) is 2.38. The smallest absolute Gasteiger partial charge is 0.407 e. The molecule has 1 fully saturated rings. The molecule has 0 heterocycles. The lowest BCUT2D eigenvalue weighted by molar-refractivity contribution is 0.0131. The lowest BCUT2D eigenvalue weighted by Gasteiger charge is -2.30. The fourth-order valence-corrected chi connectivity index (χ4v) is 2.60. The lowest BCUT2D eigenvalue weighted by atomic mass is 9.85. The van der Waals surface area contributed by atoms with Crippen LogP contribution in [0.1, 0.15) is 59.8 Å². The fourth-order valence-electron chi connectivity index (χ4n) is 2.60. The third-order valence-electron chi connectivity index (χ3n) is 3.75. The van der Waals surface area contributed by atoms with Gasteiger partial charge in [-0.1, -0.05) is 19.3 Å². The van der Waals surface area contributed by atoms with Crippen LogP contribution in [0.15, 0.2) is 4.99 Å². The largest absolute Gasteiger partial charge is 0.444 e. The maximum absolute atomic E-state index is 11.6. The maximum atomic E-state index is 11.6. The Labute approximate surface area is 168 Å². The van der Waals surface area contributed by atoms with Crippen molar-refractivity contribution in [3.63, 3.8) is 0 Å². The number of nitrogens with one attached hydrogen (secondary N) is 3. The Kier molecular flexibility index (Phi) is 11.4. The van der Waals surface area contributed by atoms with E-state index in [0.717, 1.165) is 32.2 Å². The summed E-state index contributed by atoms with van der Waals surface area (Å²) >= 11 is 0. The van der Waals surface area contributed by atoms with Crippen molar-refractivity contribution in [2.45, 2.75) is 71.0 Å². The van der Waals surface area contributed by atoms with Gasteiger partial charge in [0.25, 0.3) is 0 Å². The highest BCUT2D eigenvalue weighted by Gasteiger charge is 2.28. The van der Waals surface area contributed by atoms with Crippen molar-refractivity contribution in [2.75, 3.05) is 26.2 Å². The minimum atomic E-state index is -0.671. The van der Waals surface area contributed by atoms with Crippen LogP contribution in [0, 0.1) is 0 Å². The second-order valence-corrected chi connectivity index (χ2v) is 7.34. The van der Waals surface area contributed by atoms with Crippen LogP contribution in [0.3, 0.4) is 0 Å². The lowest BCUT2D eigenvalue weighted by Crippen LogP contribution is -2.44. The topological polar surface area (TPSA) is 95.0 Å². The summed E-state index contributed by atoms with van der Waals surface area (Å²) in [5.41, 5.74) is -1.17. The summed E-state index contributed by atoms with van der Waals surface area (Å²) in [4.78, 5) is 16.0. The number of ether oxygens (including phenoxy) is 1. The van der Waals surface area contributed by atoms with Crippen molar-refractivity contribution in [2.24, 2.45) is 4.99 Å². The van der Waals surface area contributed by atoms with Gasteiger partial charge < -0.3 is 25.8 Å². The molecule has 148 valence electrons. The number of nitrogens with zero attached hydrogens (tertiary/aromatic N) is 1. The number of alkyl carbamates (subject to hydrolysis) is 1. The molecule has 0 unspecified atom stereocenters. The first-order chi connectivity index (χ1) is 11.2. The van der Waals surface area contributed by atoms with Gasteiger partial charge in [-0.2, -0.15) is 0 Å². The van der Waals surface area contributed by atoms with Gasteiger partial charge in [0.15, 0.2) is 5.96 Å². The van der Waals surface area contributed by atoms with E-state index in [-0.39, 0.29) is 24.0 Å². The molecule has 0 aromatic heterocycles. The Hall–Kier alpha value is -0.770. The van der Waals surface area contributed by atoms with Crippen LogP contribution >= 0.6 is 24.0 Å². The van der Waals surface area contributed by atoms with E-state index in [4.69, 9.17) is 4.74 Å². The molecule has 0 aromatic carbocycles. The molecular formula is C17H35IN4O3. The second kappa shape index (κ2) is 11.8. The molecule has 1 aliphatic rings. The van der Waals surface area contributed by atoms with Gasteiger partial charge in [0, 0.05) is 19.6 Å².